The molecule has 0 N–H and O–H groups in total. The smallest absolute Gasteiger partial charge is 0.193 e. The zero-order valence-corrected chi connectivity index (χ0v) is 21.8. The number of fused-ring (bicyclic) bond motifs is 3. The number of benzene rings is 1. The van der Waals surface area contributed by atoms with Crippen LogP contribution >= 0.6 is 0 Å². The molecule has 1 fully saturated rings. The fraction of sp³-hybridized carbons (Fsp3) is 0.333. The highest BCUT2D eigenvalue weighted by Gasteiger charge is 2.32. The summed E-state index contributed by atoms with van der Waals surface area (Å²) in [6, 6.07) is 14.3. The van der Waals surface area contributed by atoms with E-state index in [0.29, 0.717) is 30.0 Å². The molecule has 190 valence electrons. The summed E-state index contributed by atoms with van der Waals surface area (Å²) in [5.74, 6) is 0.300. The van der Waals surface area contributed by atoms with Crippen molar-refractivity contribution >= 4 is 31.8 Å². The van der Waals surface area contributed by atoms with Crippen LogP contribution in [0.2, 0.25) is 0 Å². The Morgan fingerprint density at radius 3 is 2.49 bits per heavy atom. The average molecular weight is 517 g/mol. The molecule has 5 aromatic rings. The number of hydrogen-bond donors (Lipinski definition) is 0. The third kappa shape index (κ3) is 4.00. The van der Waals surface area contributed by atoms with Crippen LogP contribution in [-0.2, 0) is 21.6 Å². The topological polar surface area (TPSA) is 105 Å². The molecule has 0 spiro atoms. The number of hydrogen-bond acceptors (Lipinski definition) is 7. The van der Waals surface area contributed by atoms with Gasteiger partial charge in [0.15, 0.2) is 14.9 Å². The van der Waals surface area contributed by atoms with E-state index in [1.165, 1.54) is 6.26 Å². The second-order valence-electron chi connectivity index (χ2n) is 9.70. The second-order valence-corrected chi connectivity index (χ2v) is 11.6. The Hall–Kier alpha value is -3.63. The lowest BCUT2D eigenvalue weighted by Gasteiger charge is -2.33. The Morgan fingerprint density at radius 2 is 1.81 bits per heavy atom. The second kappa shape index (κ2) is 9.04. The maximum atomic E-state index is 12.8. The summed E-state index contributed by atoms with van der Waals surface area (Å²) in [5, 5.41) is 8.99. The van der Waals surface area contributed by atoms with Gasteiger partial charge in [0.25, 0.3) is 0 Å². The van der Waals surface area contributed by atoms with Gasteiger partial charge in [-0.1, -0.05) is 35.5 Å². The summed E-state index contributed by atoms with van der Waals surface area (Å²) in [6.45, 7) is 3.32. The molecule has 0 unspecified atom stereocenters. The molecular formula is C27H28N6O3S. The molecule has 0 saturated carbocycles. The summed E-state index contributed by atoms with van der Waals surface area (Å²) in [4.78, 5) is 9.15. The first-order chi connectivity index (χ1) is 17.8. The maximum absolute atomic E-state index is 12.8. The fourth-order valence-electron chi connectivity index (χ4n) is 5.70. The molecule has 1 saturated heterocycles. The predicted molar refractivity (Wildman–Crippen MR) is 141 cm³/mol. The Kier molecular flexibility index (Phi) is 5.80. The van der Waals surface area contributed by atoms with E-state index in [2.05, 4.69) is 38.1 Å². The molecule has 9 nitrogen and oxygen atoms in total. The third-order valence-corrected chi connectivity index (χ3v) is 8.28. The molecule has 5 heterocycles. The normalized spacial score (nSPS) is 16.0. The van der Waals surface area contributed by atoms with Crippen molar-refractivity contribution in [3.05, 3.63) is 66.1 Å². The van der Waals surface area contributed by atoms with Gasteiger partial charge in [-0.3, -0.25) is 4.98 Å². The van der Waals surface area contributed by atoms with E-state index >= 15 is 0 Å². The maximum Gasteiger partial charge on any atom is 0.193 e. The highest BCUT2D eigenvalue weighted by atomic mass is 32.2. The van der Waals surface area contributed by atoms with Crippen LogP contribution in [0.3, 0.4) is 0 Å². The van der Waals surface area contributed by atoms with Crippen LogP contribution < -0.4 is 0 Å². The molecule has 0 amide bonds. The van der Waals surface area contributed by atoms with Gasteiger partial charge < -0.3 is 9.30 Å². The molecular weight excluding hydrogens is 488 g/mol. The van der Waals surface area contributed by atoms with Gasteiger partial charge in [0, 0.05) is 44.5 Å². The van der Waals surface area contributed by atoms with Crippen molar-refractivity contribution in [3.8, 4) is 11.3 Å². The van der Waals surface area contributed by atoms with Gasteiger partial charge in [-0.05, 0) is 43.4 Å². The van der Waals surface area contributed by atoms with Crippen LogP contribution in [0.1, 0.15) is 30.1 Å². The predicted octanol–water partition coefficient (Wildman–Crippen LogP) is 4.11. The van der Waals surface area contributed by atoms with Crippen molar-refractivity contribution in [2.45, 2.75) is 30.8 Å². The van der Waals surface area contributed by atoms with Crippen molar-refractivity contribution in [3.63, 3.8) is 0 Å². The number of rotatable bonds is 5. The number of sulfone groups is 1. The van der Waals surface area contributed by atoms with Crippen molar-refractivity contribution < 1.29 is 13.2 Å². The molecule has 1 aliphatic heterocycles. The first-order valence-electron chi connectivity index (χ1n) is 12.3. The van der Waals surface area contributed by atoms with Crippen molar-refractivity contribution in [2.24, 2.45) is 13.0 Å². The zero-order chi connectivity index (χ0) is 25.7. The minimum absolute atomic E-state index is 0.0391. The van der Waals surface area contributed by atoms with Crippen LogP contribution in [0.25, 0.3) is 33.2 Å². The summed E-state index contributed by atoms with van der Waals surface area (Å²) in [6.07, 6.45) is 6.36. The van der Waals surface area contributed by atoms with E-state index < -0.39 is 9.84 Å². The SMILES string of the molecule is Cc1nnn(C)c1-c1cnc2c3c(S(C)(=O)=O)nccc3n([C@H](c3ccccc3)C3CCOCC3)c2c1. The lowest BCUT2D eigenvalue weighted by atomic mass is 9.86. The van der Waals surface area contributed by atoms with Crippen LogP contribution in [0.5, 0.6) is 0 Å². The lowest BCUT2D eigenvalue weighted by Crippen LogP contribution is -2.27. The van der Waals surface area contributed by atoms with Crippen LogP contribution in [0.4, 0.5) is 0 Å². The van der Waals surface area contributed by atoms with E-state index in [9.17, 15) is 8.42 Å². The Morgan fingerprint density at radius 1 is 1.05 bits per heavy atom. The van der Waals surface area contributed by atoms with Gasteiger partial charge in [0.1, 0.15) is 0 Å². The summed E-state index contributed by atoms with van der Waals surface area (Å²) in [5.41, 5.74) is 5.97. The lowest BCUT2D eigenvalue weighted by molar-refractivity contribution is 0.0553. The molecule has 4 aromatic heterocycles. The monoisotopic (exact) mass is 516 g/mol. The van der Waals surface area contributed by atoms with Crippen molar-refractivity contribution in [1.82, 2.24) is 29.5 Å². The number of aryl methyl sites for hydroxylation is 2. The van der Waals surface area contributed by atoms with Gasteiger partial charge in [-0.2, -0.15) is 0 Å². The summed E-state index contributed by atoms with van der Waals surface area (Å²) >= 11 is 0. The van der Waals surface area contributed by atoms with Crippen LogP contribution in [0.15, 0.2) is 59.9 Å². The zero-order valence-electron chi connectivity index (χ0n) is 21.0. The molecule has 1 aliphatic rings. The van der Waals surface area contributed by atoms with E-state index in [0.717, 1.165) is 46.4 Å². The number of ether oxygens (including phenoxy) is 1. The van der Waals surface area contributed by atoms with Gasteiger partial charge >= 0.3 is 0 Å². The number of aromatic nitrogens is 6. The van der Waals surface area contributed by atoms with Crippen molar-refractivity contribution in [2.75, 3.05) is 19.5 Å². The molecule has 6 rings (SSSR count). The minimum atomic E-state index is -3.60. The third-order valence-electron chi connectivity index (χ3n) is 7.27. The molecule has 0 bridgehead atoms. The molecule has 10 heteroatoms. The van der Waals surface area contributed by atoms with Gasteiger partial charge in [-0.25, -0.2) is 18.1 Å². The Bertz CT molecular complexity index is 1700. The highest BCUT2D eigenvalue weighted by molar-refractivity contribution is 7.90. The van der Waals surface area contributed by atoms with Crippen molar-refractivity contribution in [1.29, 1.82) is 0 Å². The van der Waals surface area contributed by atoms with Gasteiger partial charge in [0.2, 0.25) is 0 Å². The Balaban J connectivity index is 1.73. The van der Waals surface area contributed by atoms with E-state index in [1.54, 1.807) is 17.1 Å². The first-order valence-corrected chi connectivity index (χ1v) is 14.2. The van der Waals surface area contributed by atoms with E-state index in [1.807, 2.05) is 38.2 Å². The van der Waals surface area contributed by atoms with E-state index in [4.69, 9.17) is 9.72 Å². The molecule has 0 aliphatic carbocycles. The quantitative estimate of drug-likeness (QED) is 0.346. The minimum Gasteiger partial charge on any atom is -0.381 e. The molecule has 0 radical (unpaired) electrons. The van der Waals surface area contributed by atoms with Gasteiger partial charge in [-0.15, -0.1) is 5.10 Å². The summed E-state index contributed by atoms with van der Waals surface area (Å²) < 4.78 is 35.4. The number of pyridine rings is 2. The highest BCUT2D eigenvalue weighted by Crippen LogP contribution is 2.42. The Labute approximate surface area is 215 Å². The summed E-state index contributed by atoms with van der Waals surface area (Å²) in [7, 11) is -1.74. The standard InChI is InChI=1S/C27H28N6O3S/c1-17-25(32(2)31-30-17)20-15-22-24(29-16-20)23-21(9-12-28-27(23)37(3,34)35)33(22)26(18-7-5-4-6-8-18)19-10-13-36-14-11-19/h4-9,12,15-16,19,26H,10-11,13-14H2,1-3H3/t26-/m1/s1. The van der Waals surface area contributed by atoms with Crippen LogP contribution in [0, 0.1) is 12.8 Å². The molecule has 1 atom stereocenters. The largest absolute Gasteiger partial charge is 0.381 e. The van der Waals surface area contributed by atoms with Gasteiger partial charge in [0.05, 0.1) is 39.4 Å². The molecule has 37 heavy (non-hydrogen) atoms. The average Bonchev–Trinajstić information content (AvgIpc) is 3.41. The van der Waals surface area contributed by atoms with E-state index in [-0.39, 0.29) is 11.1 Å². The first kappa shape index (κ1) is 23.7. The fourth-order valence-corrected chi connectivity index (χ4v) is 6.52. The number of nitrogens with zero attached hydrogens (tertiary/aromatic N) is 6. The molecule has 1 aromatic carbocycles. The van der Waals surface area contributed by atoms with Crippen LogP contribution in [-0.4, -0.2) is 57.4 Å².